The van der Waals surface area contributed by atoms with E-state index in [1.165, 1.54) is 5.00 Å². The van der Waals surface area contributed by atoms with Crippen LogP contribution in [-0.4, -0.2) is 71.3 Å². The highest BCUT2D eigenvalue weighted by molar-refractivity contribution is 14.0. The molecule has 0 radical (unpaired) electrons. The molecule has 2 heterocycles. The van der Waals surface area contributed by atoms with Crippen LogP contribution in [0.15, 0.2) is 22.5 Å². The average molecular weight is 487 g/mol. The number of thiophene rings is 1. The maximum Gasteiger partial charge on any atom is 0.208 e. The van der Waals surface area contributed by atoms with Gasteiger partial charge >= 0.3 is 0 Å². The number of aliphatic imine (C=N–C) groups is 1. The summed E-state index contributed by atoms with van der Waals surface area (Å²) in [6.45, 7) is 7.32. The molecule has 138 valence electrons. The molecule has 0 bridgehead atoms. The fourth-order valence-electron chi connectivity index (χ4n) is 2.41. The standard InChI is InChI=1S/C14H25N5O2S2.HI/c1-3-15-14(16-6-7-17-23(2,20)21)19-10-8-18(9-11-19)13-5-4-12-22-13;/h4-5,12,17H,3,6-11H2,1-2H3,(H,15,16);1H. The van der Waals surface area contributed by atoms with E-state index in [1.807, 2.05) is 6.92 Å². The molecular weight excluding hydrogens is 461 g/mol. The van der Waals surface area contributed by atoms with Gasteiger partial charge in [-0.2, -0.15) is 0 Å². The van der Waals surface area contributed by atoms with Crippen molar-refractivity contribution < 1.29 is 8.42 Å². The molecule has 0 spiro atoms. The van der Waals surface area contributed by atoms with Crippen molar-refractivity contribution in [3.8, 4) is 0 Å². The molecule has 0 atom stereocenters. The first-order valence-electron chi connectivity index (χ1n) is 7.76. The third-order valence-electron chi connectivity index (χ3n) is 3.47. The lowest BCUT2D eigenvalue weighted by Crippen LogP contribution is -2.52. The number of rotatable bonds is 6. The zero-order chi connectivity index (χ0) is 16.7. The van der Waals surface area contributed by atoms with Gasteiger partial charge in [0.25, 0.3) is 0 Å². The number of nitrogens with one attached hydrogen (secondary N) is 2. The topological polar surface area (TPSA) is 77.0 Å². The lowest BCUT2D eigenvalue weighted by atomic mass is 10.3. The van der Waals surface area contributed by atoms with Gasteiger partial charge in [0.05, 0.1) is 17.8 Å². The third-order valence-corrected chi connectivity index (χ3v) is 5.13. The third kappa shape index (κ3) is 7.11. The molecule has 2 rings (SSSR count). The zero-order valence-corrected chi connectivity index (χ0v) is 18.0. The normalized spacial score (nSPS) is 16.0. The Hall–Kier alpha value is -0.590. The summed E-state index contributed by atoms with van der Waals surface area (Å²) in [4.78, 5) is 9.13. The van der Waals surface area contributed by atoms with Crippen molar-refractivity contribution >= 4 is 56.3 Å². The highest BCUT2D eigenvalue weighted by Crippen LogP contribution is 2.22. The quantitative estimate of drug-likeness (QED) is 0.271. The summed E-state index contributed by atoms with van der Waals surface area (Å²) in [7, 11) is -3.15. The van der Waals surface area contributed by atoms with Crippen LogP contribution >= 0.6 is 35.3 Å². The van der Waals surface area contributed by atoms with Crippen molar-refractivity contribution in [3.63, 3.8) is 0 Å². The minimum atomic E-state index is -3.15. The Morgan fingerprint density at radius 2 is 2.04 bits per heavy atom. The Morgan fingerprint density at radius 3 is 2.58 bits per heavy atom. The fraction of sp³-hybridized carbons (Fsp3) is 0.643. The molecule has 1 fully saturated rings. The molecule has 1 aliphatic heterocycles. The SMILES string of the molecule is CCNC(=NCCNS(C)(=O)=O)N1CCN(c2cccs2)CC1.I. The first-order valence-corrected chi connectivity index (χ1v) is 10.5. The highest BCUT2D eigenvalue weighted by atomic mass is 127. The monoisotopic (exact) mass is 487 g/mol. The van der Waals surface area contributed by atoms with Crippen molar-refractivity contribution in [2.24, 2.45) is 4.99 Å². The van der Waals surface area contributed by atoms with Gasteiger partial charge in [0.1, 0.15) is 0 Å². The first-order chi connectivity index (χ1) is 11.0. The molecule has 0 aliphatic carbocycles. The molecule has 24 heavy (non-hydrogen) atoms. The highest BCUT2D eigenvalue weighted by Gasteiger charge is 2.20. The summed E-state index contributed by atoms with van der Waals surface area (Å²) in [6.07, 6.45) is 1.16. The number of sulfonamides is 1. The number of guanidine groups is 1. The van der Waals surface area contributed by atoms with Crippen LogP contribution in [0.2, 0.25) is 0 Å². The van der Waals surface area contributed by atoms with Gasteiger partial charge in [0.15, 0.2) is 5.96 Å². The van der Waals surface area contributed by atoms with Gasteiger partial charge in [0.2, 0.25) is 10.0 Å². The lowest BCUT2D eigenvalue weighted by molar-refractivity contribution is 0.373. The number of halogens is 1. The fourth-order valence-corrected chi connectivity index (χ4v) is 3.65. The largest absolute Gasteiger partial charge is 0.360 e. The first kappa shape index (κ1) is 21.5. The number of hydrogen-bond donors (Lipinski definition) is 2. The zero-order valence-electron chi connectivity index (χ0n) is 14.1. The molecule has 1 aromatic rings. The second-order valence-corrected chi connectivity index (χ2v) is 8.09. The van der Waals surface area contributed by atoms with E-state index in [0.29, 0.717) is 13.1 Å². The predicted octanol–water partition coefficient (Wildman–Crippen LogP) is 1.00. The molecule has 1 saturated heterocycles. The van der Waals surface area contributed by atoms with Crippen LogP contribution < -0.4 is 14.9 Å². The van der Waals surface area contributed by atoms with Gasteiger partial charge in [-0.3, -0.25) is 4.99 Å². The molecule has 7 nitrogen and oxygen atoms in total. The molecule has 1 aromatic heterocycles. The molecule has 0 aromatic carbocycles. The van der Waals surface area contributed by atoms with Crippen molar-refractivity contribution in [3.05, 3.63) is 17.5 Å². The number of nitrogens with zero attached hydrogens (tertiary/aromatic N) is 3. The number of piperazine rings is 1. The van der Waals surface area contributed by atoms with Crippen LogP contribution in [0.25, 0.3) is 0 Å². The van der Waals surface area contributed by atoms with Crippen LogP contribution in [-0.2, 0) is 10.0 Å². The van der Waals surface area contributed by atoms with E-state index < -0.39 is 10.0 Å². The molecule has 2 N–H and O–H groups in total. The van der Waals surface area contributed by atoms with Crippen molar-refractivity contribution in [1.82, 2.24) is 14.9 Å². The Labute approximate surface area is 165 Å². The van der Waals surface area contributed by atoms with E-state index in [9.17, 15) is 8.42 Å². The van der Waals surface area contributed by atoms with Crippen LogP contribution in [0, 0.1) is 0 Å². The van der Waals surface area contributed by atoms with Gasteiger partial charge in [-0.05, 0) is 24.4 Å². The Bertz CT molecular complexity index is 599. The van der Waals surface area contributed by atoms with E-state index in [-0.39, 0.29) is 24.0 Å². The summed E-state index contributed by atoms with van der Waals surface area (Å²) in [6, 6.07) is 4.23. The molecule has 1 aliphatic rings. The predicted molar refractivity (Wildman–Crippen MR) is 112 cm³/mol. The number of hydrogen-bond acceptors (Lipinski definition) is 5. The van der Waals surface area contributed by atoms with Gasteiger partial charge in [-0.25, -0.2) is 13.1 Å². The second kappa shape index (κ2) is 10.4. The minimum absolute atomic E-state index is 0. The summed E-state index contributed by atoms with van der Waals surface area (Å²) < 4.78 is 24.6. The van der Waals surface area contributed by atoms with Crippen molar-refractivity contribution in [2.45, 2.75) is 6.92 Å². The Kier molecular flexibility index (Phi) is 9.31. The second-order valence-electron chi connectivity index (χ2n) is 5.33. The van der Waals surface area contributed by atoms with Gasteiger partial charge in [0, 0.05) is 39.3 Å². The van der Waals surface area contributed by atoms with Crippen LogP contribution in [0.4, 0.5) is 5.00 Å². The maximum absolute atomic E-state index is 11.1. The van der Waals surface area contributed by atoms with Crippen LogP contribution in [0.5, 0.6) is 0 Å². The van der Waals surface area contributed by atoms with Crippen LogP contribution in [0.1, 0.15) is 6.92 Å². The number of anilines is 1. The van der Waals surface area contributed by atoms with Crippen molar-refractivity contribution in [1.29, 1.82) is 0 Å². The van der Waals surface area contributed by atoms with Gasteiger partial charge in [-0.15, -0.1) is 35.3 Å². The van der Waals surface area contributed by atoms with Gasteiger partial charge in [-0.1, -0.05) is 0 Å². The summed E-state index contributed by atoms with van der Waals surface area (Å²) in [5, 5.41) is 6.69. The van der Waals surface area contributed by atoms with Crippen LogP contribution in [0.3, 0.4) is 0 Å². The average Bonchev–Trinajstić information content (AvgIpc) is 3.04. The van der Waals surface area contributed by atoms with E-state index in [1.54, 1.807) is 11.3 Å². The van der Waals surface area contributed by atoms with Crippen molar-refractivity contribution in [2.75, 3.05) is 57.0 Å². The van der Waals surface area contributed by atoms with E-state index in [4.69, 9.17) is 0 Å². The summed E-state index contributed by atoms with van der Waals surface area (Å²) in [5.41, 5.74) is 0. The van der Waals surface area contributed by atoms with Gasteiger partial charge < -0.3 is 15.1 Å². The molecule has 0 amide bonds. The summed E-state index contributed by atoms with van der Waals surface area (Å²) >= 11 is 1.76. The van der Waals surface area contributed by atoms with E-state index in [2.05, 4.69) is 42.3 Å². The minimum Gasteiger partial charge on any atom is -0.360 e. The lowest BCUT2D eigenvalue weighted by Gasteiger charge is -2.37. The Balaban J connectivity index is 0.00000288. The molecule has 0 unspecified atom stereocenters. The smallest absolute Gasteiger partial charge is 0.208 e. The maximum atomic E-state index is 11.1. The Morgan fingerprint density at radius 1 is 1.33 bits per heavy atom. The molecule has 10 heteroatoms. The molecular formula is C14H26IN5O2S2. The van der Waals surface area contributed by atoms with E-state index in [0.717, 1.165) is 44.9 Å². The summed E-state index contributed by atoms with van der Waals surface area (Å²) in [5.74, 6) is 0.855. The van der Waals surface area contributed by atoms with E-state index >= 15 is 0 Å². The molecule has 0 saturated carbocycles.